The average molecular weight is 137 g/mol. The summed E-state index contributed by atoms with van der Waals surface area (Å²) in [6.07, 6.45) is 2.88. The van der Waals surface area contributed by atoms with Crippen LogP contribution in [0, 0.1) is 11.3 Å². The zero-order valence-corrected chi connectivity index (χ0v) is 5.63. The predicted molar refractivity (Wildman–Crippen MR) is 35.7 cm³/mol. The second kappa shape index (κ2) is 4.33. The van der Waals surface area contributed by atoms with Crippen molar-refractivity contribution in [2.24, 2.45) is 0 Å². The van der Waals surface area contributed by atoms with Crippen LogP contribution in [-0.2, 0) is 9.53 Å². The second-order valence-corrected chi connectivity index (χ2v) is 1.45. The zero-order chi connectivity index (χ0) is 7.98. The van der Waals surface area contributed by atoms with Gasteiger partial charge in [-0.3, -0.25) is 4.79 Å². The van der Waals surface area contributed by atoms with Crippen LogP contribution >= 0.6 is 0 Å². The number of nitriles is 1. The maximum Gasteiger partial charge on any atom is 0.296 e. The van der Waals surface area contributed by atoms with Gasteiger partial charge >= 0.3 is 0 Å². The molecule has 0 saturated heterocycles. The maximum absolute atomic E-state index is 10.4. The molecule has 0 aliphatic rings. The SMILES string of the molecule is C=C(OC=CC)C(=O)C#N. The van der Waals surface area contributed by atoms with Crippen LogP contribution in [0.2, 0.25) is 0 Å². The van der Waals surface area contributed by atoms with Crippen molar-refractivity contribution < 1.29 is 9.53 Å². The molecule has 0 aromatic rings. The van der Waals surface area contributed by atoms with Crippen LogP contribution in [0.5, 0.6) is 0 Å². The molecule has 3 heteroatoms. The maximum atomic E-state index is 10.4. The van der Waals surface area contributed by atoms with Crippen molar-refractivity contribution >= 4 is 5.78 Å². The number of ether oxygens (including phenoxy) is 1. The minimum absolute atomic E-state index is 0.152. The van der Waals surface area contributed by atoms with Crippen LogP contribution in [0.3, 0.4) is 0 Å². The molecule has 0 aliphatic carbocycles. The summed E-state index contributed by atoms with van der Waals surface area (Å²) in [5, 5.41) is 8.04. The lowest BCUT2D eigenvalue weighted by atomic mass is 10.4. The van der Waals surface area contributed by atoms with Crippen LogP contribution in [0.4, 0.5) is 0 Å². The number of hydrogen-bond acceptors (Lipinski definition) is 3. The van der Waals surface area contributed by atoms with Crippen molar-refractivity contribution in [1.29, 1.82) is 5.26 Å². The Morgan fingerprint density at radius 1 is 1.80 bits per heavy atom. The molecule has 0 rings (SSSR count). The number of Topliss-reactive ketones (excluding diaryl/α,β-unsaturated/α-hetero) is 1. The fourth-order valence-corrected chi connectivity index (χ4v) is 0.266. The minimum atomic E-state index is -0.752. The van der Waals surface area contributed by atoms with Crippen LogP contribution in [-0.4, -0.2) is 5.78 Å². The van der Waals surface area contributed by atoms with E-state index in [0.29, 0.717) is 0 Å². The normalized spacial score (nSPS) is 8.80. The Morgan fingerprint density at radius 2 is 2.40 bits per heavy atom. The van der Waals surface area contributed by atoms with Crippen LogP contribution in [0.25, 0.3) is 0 Å². The Kier molecular flexibility index (Phi) is 3.66. The van der Waals surface area contributed by atoms with E-state index in [1.165, 1.54) is 12.3 Å². The van der Waals surface area contributed by atoms with E-state index in [-0.39, 0.29) is 5.76 Å². The molecule has 0 heterocycles. The van der Waals surface area contributed by atoms with Crippen molar-refractivity contribution in [2.75, 3.05) is 0 Å². The van der Waals surface area contributed by atoms with Crippen molar-refractivity contribution in [2.45, 2.75) is 6.92 Å². The monoisotopic (exact) mass is 137 g/mol. The number of ketones is 1. The molecule has 52 valence electrons. The van der Waals surface area contributed by atoms with E-state index in [1.807, 2.05) is 0 Å². The van der Waals surface area contributed by atoms with Gasteiger partial charge < -0.3 is 4.74 Å². The van der Waals surface area contributed by atoms with Crippen molar-refractivity contribution in [3.63, 3.8) is 0 Å². The number of nitrogens with zero attached hydrogens (tertiary/aromatic N) is 1. The molecule has 0 atom stereocenters. The van der Waals surface area contributed by atoms with Gasteiger partial charge in [-0.1, -0.05) is 12.7 Å². The molecule has 0 aromatic carbocycles. The number of carbonyl (C=O) groups is 1. The topological polar surface area (TPSA) is 50.1 Å². The van der Waals surface area contributed by atoms with Gasteiger partial charge in [-0.2, -0.15) is 5.26 Å². The Bertz CT molecular complexity index is 210. The van der Waals surface area contributed by atoms with Gasteiger partial charge in [0.2, 0.25) is 0 Å². The van der Waals surface area contributed by atoms with E-state index in [0.717, 1.165) is 0 Å². The van der Waals surface area contributed by atoms with Crippen LogP contribution in [0.15, 0.2) is 24.7 Å². The van der Waals surface area contributed by atoms with E-state index in [1.54, 1.807) is 13.0 Å². The molecule has 0 aliphatic heterocycles. The van der Waals surface area contributed by atoms with Crippen LogP contribution in [0.1, 0.15) is 6.92 Å². The highest BCUT2D eigenvalue weighted by Gasteiger charge is 2.03. The highest BCUT2D eigenvalue weighted by molar-refractivity contribution is 6.05. The van der Waals surface area contributed by atoms with Gasteiger partial charge in [0.15, 0.2) is 5.76 Å². The highest BCUT2D eigenvalue weighted by Crippen LogP contribution is 1.94. The third-order valence-electron chi connectivity index (χ3n) is 0.701. The van der Waals surface area contributed by atoms with Gasteiger partial charge in [0.1, 0.15) is 6.07 Å². The average Bonchev–Trinajstić information content (AvgIpc) is 1.98. The first-order chi connectivity index (χ1) is 4.72. The molecule has 0 saturated carbocycles. The molecule has 0 N–H and O–H groups in total. The fraction of sp³-hybridized carbons (Fsp3) is 0.143. The zero-order valence-electron chi connectivity index (χ0n) is 5.63. The Labute approximate surface area is 59.2 Å². The van der Waals surface area contributed by atoms with E-state index in [2.05, 4.69) is 11.3 Å². The summed E-state index contributed by atoms with van der Waals surface area (Å²) in [4.78, 5) is 10.4. The summed E-state index contributed by atoms with van der Waals surface area (Å²) < 4.78 is 4.60. The molecule has 0 spiro atoms. The molecule has 0 bridgehead atoms. The first kappa shape index (κ1) is 8.44. The smallest absolute Gasteiger partial charge is 0.296 e. The molecule has 0 aromatic heterocycles. The van der Waals surface area contributed by atoms with E-state index >= 15 is 0 Å². The molecule has 0 fully saturated rings. The van der Waals surface area contributed by atoms with Gasteiger partial charge in [0.05, 0.1) is 6.26 Å². The van der Waals surface area contributed by atoms with Gasteiger partial charge in [-0.15, -0.1) is 0 Å². The fourth-order valence-electron chi connectivity index (χ4n) is 0.266. The lowest BCUT2D eigenvalue weighted by molar-refractivity contribution is -0.113. The molecule has 0 radical (unpaired) electrons. The molecule has 0 unspecified atom stereocenters. The standard InChI is InChI=1S/C7H7NO2/c1-3-4-10-6(2)7(9)5-8/h3-4H,2H2,1H3. The van der Waals surface area contributed by atoms with E-state index in [4.69, 9.17) is 5.26 Å². The number of rotatable bonds is 3. The Hall–Kier alpha value is -1.56. The first-order valence-corrected chi connectivity index (χ1v) is 2.63. The molecular formula is C7H7NO2. The number of hydrogen-bond donors (Lipinski definition) is 0. The molecule has 3 nitrogen and oxygen atoms in total. The van der Waals surface area contributed by atoms with Crippen molar-refractivity contribution in [3.05, 3.63) is 24.7 Å². The predicted octanol–water partition coefficient (Wildman–Crippen LogP) is 1.14. The molecule has 0 amide bonds. The summed E-state index contributed by atoms with van der Waals surface area (Å²) in [5.41, 5.74) is 0. The summed E-state index contributed by atoms with van der Waals surface area (Å²) in [5.74, 6) is -0.904. The molecule has 10 heavy (non-hydrogen) atoms. The van der Waals surface area contributed by atoms with E-state index in [9.17, 15) is 4.79 Å². The molecular weight excluding hydrogens is 130 g/mol. The lowest BCUT2D eigenvalue weighted by Crippen LogP contribution is -1.97. The Morgan fingerprint density at radius 3 is 2.80 bits per heavy atom. The van der Waals surface area contributed by atoms with Crippen LogP contribution < -0.4 is 0 Å². The van der Waals surface area contributed by atoms with E-state index < -0.39 is 5.78 Å². The second-order valence-electron chi connectivity index (χ2n) is 1.45. The lowest BCUT2D eigenvalue weighted by Gasteiger charge is -1.94. The third kappa shape index (κ3) is 2.68. The largest absolute Gasteiger partial charge is 0.461 e. The number of carbonyl (C=O) groups excluding carboxylic acids is 1. The summed E-state index contributed by atoms with van der Waals surface area (Å²) in [6.45, 7) is 4.94. The highest BCUT2D eigenvalue weighted by atomic mass is 16.5. The third-order valence-corrected chi connectivity index (χ3v) is 0.701. The van der Waals surface area contributed by atoms with Crippen molar-refractivity contribution in [1.82, 2.24) is 0 Å². The first-order valence-electron chi connectivity index (χ1n) is 2.63. The number of allylic oxidation sites excluding steroid dienone is 2. The Balaban J connectivity index is 3.89. The summed E-state index contributed by atoms with van der Waals surface area (Å²) >= 11 is 0. The summed E-state index contributed by atoms with van der Waals surface area (Å²) in [6, 6.07) is 1.38. The van der Waals surface area contributed by atoms with Gasteiger partial charge in [-0.05, 0) is 6.92 Å². The van der Waals surface area contributed by atoms with Gasteiger partial charge in [-0.25, -0.2) is 0 Å². The van der Waals surface area contributed by atoms with Gasteiger partial charge in [0.25, 0.3) is 5.78 Å². The minimum Gasteiger partial charge on any atom is -0.461 e. The summed E-state index contributed by atoms with van der Waals surface area (Å²) in [7, 11) is 0. The van der Waals surface area contributed by atoms with Crippen molar-refractivity contribution in [3.8, 4) is 6.07 Å². The van der Waals surface area contributed by atoms with Gasteiger partial charge in [0, 0.05) is 0 Å². The quantitative estimate of drug-likeness (QED) is 0.333.